The SMILES string of the molecule is COc1cc(F)c(/C=C/CO)cc1O. The molecule has 76 valence electrons. The van der Waals surface area contributed by atoms with E-state index in [1.807, 2.05) is 0 Å². The highest BCUT2D eigenvalue weighted by atomic mass is 19.1. The lowest BCUT2D eigenvalue weighted by Crippen LogP contribution is -1.88. The summed E-state index contributed by atoms with van der Waals surface area (Å²) < 4.78 is 17.9. The maximum absolute atomic E-state index is 13.2. The summed E-state index contributed by atoms with van der Waals surface area (Å²) in [7, 11) is 1.34. The minimum Gasteiger partial charge on any atom is -0.504 e. The van der Waals surface area contributed by atoms with Crippen LogP contribution in [-0.2, 0) is 0 Å². The molecular weight excluding hydrogens is 187 g/mol. The first-order valence-electron chi connectivity index (χ1n) is 4.03. The van der Waals surface area contributed by atoms with Crippen molar-refractivity contribution >= 4 is 6.08 Å². The van der Waals surface area contributed by atoms with E-state index in [-0.39, 0.29) is 23.7 Å². The molecular formula is C10H11FO3. The second-order valence-corrected chi connectivity index (χ2v) is 2.63. The Labute approximate surface area is 81.1 Å². The van der Waals surface area contributed by atoms with E-state index in [0.717, 1.165) is 6.07 Å². The summed E-state index contributed by atoms with van der Waals surface area (Å²) in [6.45, 7) is -0.174. The predicted octanol–water partition coefficient (Wildman–Crippen LogP) is 1.55. The molecule has 0 aliphatic rings. The molecule has 3 nitrogen and oxygen atoms in total. The molecule has 0 saturated carbocycles. The molecule has 0 aliphatic carbocycles. The van der Waals surface area contributed by atoms with E-state index in [1.54, 1.807) is 0 Å². The summed E-state index contributed by atoms with van der Waals surface area (Å²) in [5.41, 5.74) is 0.206. The Morgan fingerprint density at radius 1 is 1.50 bits per heavy atom. The van der Waals surface area contributed by atoms with Gasteiger partial charge in [-0.05, 0) is 6.07 Å². The third kappa shape index (κ3) is 2.23. The van der Waals surface area contributed by atoms with E-state index in [4.69, 9.17) is 9.84 Å². The van der Waals surface area contributed by atoms with Gasteiger partial charge in [0.2, 0.25) is 0 Å². The Balaban J connectivity index is 3.08. The number of aliphatic hydroxyl groups excluding tert-OH is 1. The van der Waals surface area contributed by atoms with Gasteiger partial charge >= 0.3 is 0 Å². The van der Waals surface area contributed by atoms with Crippen LogP contribution in [0.25, 0.3) is 6.08 Å². The van der Waals surface area contributed by atoms with Crippen molar-refractivity contribution in [3.63, 3.8) is 0 Å². The highest BCUT2D eigenvalue weighted by Gasteiger charge is 2.06. The molecule has 14 heavy (non-hydrogen) atoms. The van der Waals surface area contributed by atoms with Crippen molar-refractivity contribution in [3.05, 3.63) is 29.6 Å². The van der Waals surface area contributed by atoms with Crippen LogP contribution in [0, 0.1) is 5.82 Å². The zero-order valence-electron chi connectivity index (χ0n) is 7.70. The third-order valence-corrected chi connectivity index (χ3v) is 1.70. The number of halogens is 1. The summed E-state index contributed by atoms with van der Waals surface area (Å²) in [5, 5.41) is 17.8. The summed E-state index contributed by atoms with van der Waals surface area (Å²) >= 11 is 0. The standard InChI is InChI=1S/C10H11FO3/c1-14-10-6-8(11)7(3-2-4-12)5-9(10)13/h2-3,5-6,12-13H,4H2,1H3/b3-2+. The molecule has 1 aromatic carbocycles. The van der Waals surface area contributed by atoms with Crippen molar-refractivity contribution < 1.29 is 19.3 Å². The van der Waals surface area contributed by atoms with Gasteiger partial charge < -0.3 is 14.9 Å². The van der Waals surface area contributed by atoms with Gasteiger partial charge in [-0.15, -0.1) is 0 Å². The molecule has 0 spiro atoms. The number of benzene rings is 1. The molecule has 4 heteroatoms. The Hall–Kier alpha value is -1.55. The first-order chi connectivity index (χ1) is 6.69. The number of aliphatic hydroxyl groups is 1. The Kier molecular flexibility index (Phi) is 3.48. The van der Waals surface area contributed by atoms with Gasteiger partial charge in [-0.25, -0.2) is 4.39 Å². The van der Waals surface area contributed by atoms with Crippen molar-refractivity contribution in [2.75, 3.05) is 13.7 Å². The fourth-order valence-electron chi connectivity index (χ4n) is 1.03. The predicted molar refractivity (Wildman–Crippen MR) is 50.7 cm³/mol. The molecule has 2 N–H and O–H groups in total. The third-order valence-electron chi connectivity index (χ3n) is 1.70. The lowest BCUT2D eigenvalue weighted by molar-refractivity contribution is 0.343. The normalized spacial score (nSPS) is 10.8. The molecule has 1 aromatic rings. The largest absolute Gasteiger partial charge is 0.504 e. The first kappa shape index (κ1) is 10.5. The van der Waals surface area contributed by atoms with Crippen LogP contribution in [0.4, 0.5) is 4.39 Å². The average Bonchev–Trinajstić information content (AvgIpc) is 2.18. The van der Waals surface area contributed by atoms with Crippen molar-refractivity contribution in [3.8, 4) is 11.5 Å². The summed E-state index contributed by atoms with van der Waals surface area (Å²) in [6.07, 6.45) is 2.76. The number of rotatable bonds is 3. The number of hydrogen-bond donors (Lipinski definition) is 2. The average molecular weight is 198 g/mol. The minimum absolute atomic E-state index is 0.0867. The van der Waals surface area contributed by atoms with Crippen LogP contribution in [0.1, 0.15) is 5.56 Å². The molecule has 0 bridgehead atoms. The fraction of sp³-hybridized carbons (Fsp3) is 0.200. The zero-order chi connectivity index (χ0) is 10.6. The Morgan fingerprint density at radius 3 is 2.79 bits per heavy atom. The second kappa shape index (κ2) is 4.62. The van der Waals surface area contributed by atoms with Gasteiger partial charge in [0.1, 0.15) is 5.82 Å². The van der Waals surface area contributed by atoms with E-state index >= 15 is 0 Å². The molecule has 0 saturated heterocycles. The molecule has 0 heterocycles. The monoisotopic (exact) mass is 198 g/mol. The number of aromatic hydroxyl groups is 1. The van der Waals surface area contributed by atoms with E-state index in [9.17, 15) is 9.50 Å². The number of methoxy groups -OCH3 is 1. The van der Waals surface area contributed by atoms with Crippen LogP contribution in [-0.4, -0.2) is 23.9 Å². The first-order valence-corrected chi connectivity index (χ1v) is 4.03. The van der Waals surface area contributed by atoms with Crippen LogP contribution in [0.15, 0.2) is 18.2 Å². The lowest BCUT2D eigenvalue weighted by atomic mass is 10.1. The zero-order valence-corrected chi connectivity index (χ0v) is 7.70. The van der Waals surface area contributed by atoms with E-state index < -0.39 is 5.82 Å². The smallest absolute Gasteiger partial charge is 0.163 e. The summed E-state index contributed by atoms with van der Waals surface area (Å²) in [5.74, 6) is -0.556. The molecule has 0 unspecified atom stereocenters. The van der Waals surface area contributed by atoms with Crippen LogP contribution in [0.3, 0.4) is 0 Å². The van der Waals surface area contributed by atoms with Crippen LogP contribution in [0.2, 0.25) is 0 Å². The van der Waals surface area contributed by atoms with Gasteiger partial charge in [-0.2, -0.15) is 0 Å². The van der Waals surface area contributed by atoms with Crippen LogP contribution in [0.5, 0.6) is 11.5 Å². The summed E-state index contributed by atoms with van der Waals surface area (Å²) in [6, 6.07) is 2.33. The Bertz CT molecular complexity index is 347. The van der Waals surface area contributed by atoms with Crippen molar-refractivity contribution in [2.45, 2.75) is 0 Å². The lowest BCUT2D eigenvalue weighted by Gasteiger charge is -2.04. The number of hydrogen-bond acceptors (Lipinski definition) is 3. The highest BCUT2D eigenvalue weighted by Crippen LogP contribution is 2.29. The molecule has 0 fully saturated rings. The summed E-state index contributed by atoms with van der Waals surface area (Å²) in [4.78, 5) is 0. The van der Waals surface area contributed by atoms with Gasteiger partial charge in [0.25, 0.3) is 0 Å². The van der Waals surface area contributed by atoms with E-state index in [1.165, 1.54) is 25.3 Å². The quantitative estimate of drug-likeness (QED) is 0.774. The van der Waals surface area contributed by atoms with Crippen LogP contribution >= 0.6 is 0 Å². The molecule has 0 aliphatic heterocycles. The molecule has 0 aromatic heterocycles. The van der Waals surface area contributed by atoms with E-state index in [2.05, 4.69) is 0 Å². The molecule has 0 atom stereocenters. The van der Waals surface area contributed by atoms with Crippen LogP contribution < -0.4 is 4.74 Å². The molecule has 0 radical (unpaired) electrons. The second-order valence-electron chi connectivity index (χ2n) is 2.63. The maximum Gasteiger partial charge on any atom is 0.163 e. The van der Waals surface area contributed by atoms with Crippen molar-refractivity contribution in [1.82, 2.24) is 0 Å². The van der Waals surface area contributed by atoms with Crippen molar-refractivity contribution in [1.29, 1.82) is 0 Å². The fourth-order valence-corrected chi connectivity index (χ4v) is 1.03. The highest BCUT2D eigenvalue weighted by molar-refractivity contribution is 5.56. The Morgan fingerprint density at radius 2 is 2.21 bits per heavy atom. The van der Waals surface area contributed by atoms with Gasteiger partial charge in [0, 0.05) is 11.6 Å². The van der Waals surface area contributed by atoms with Crippen molar-refractivity contribution in [2.24, 2.45) is 0 Å². The minimum atomic E-state index is -0.510. The molecule has 0 amide bonds. The number of phenolic OH excluding ortho intramolecular Hbond substituents is 1. The number of phenols is 1. The number of ether oxygens (including phenoxy) is 1. The van der Waals surface area contributed by atoms with Gasteiger partial charge in [-0.1, -0.05) is 12.2 Å². The molecule has 1 rings (SSSR count). The van der Waals surface area contributed by atoms with Gasteiger partial charge in [0.05, 0.1) is 13.7 Å². The topological polar surface area (TPSA) is 49.7 Å². The van der Waals surface area contributed by atoms with E-state index in [0.29, 0.717) is 0 Å². The van der Waals surface area contributed by atoms with Gasteiger partial charge in [0.15, 0.2) is 11.5 Å². The maximum atomic E-state index is 13.2. The van der Waals surface area contributed by atoms with Gasteiger partial charge in [-0.3, -0.25) is 0 Å².